The van der Waals surface area contributed by atoms with Gasteiger partial charge in [-0.15, -0.1) is 10.2 Å². The number of halogens is 1. The zero-order chi connectivity index (χ0) is 20.3. The first-order chi connectivity index (χ1) is 13.2. The number of carbonyl (C=O) groups excluding carboxylic acids is 1. The third-order valence-corrected chi connectivity index (χ3v) is 5.33. The number of amides is 1. The van der Waals surface area contributed by atoms with E-state index in [9.17, 15) is 4.79 Å². The Hall–Kier alpha value is -2.51. The van der Waals surface area contributed by atoms with Crippen LogP contribution in [-0.2, 0) is 10.2 Å². The summed E-state index contributed by atoms with van der Waals surface area (Å²) in [6.45, 7) is 6.45. The Bertz CT molecular complexity index is 962. The highest BCUT2D eigenvalue weighted by molar-refractivity contribution is 7.99. The number of aromatic nitrogens is 3. The van der Waals surface area contributed by atoms with Gasteiger partial charge in [-0.05, 0) is 47.4 Å². The molecule has 0 saturated carbocycles. The number of benzene rings is 2. The van der Waals surface area contributed by atoms with Gasteiger partial charge in [0, 0.05) is 16.3 Å². The van der Waals surface area contributed by atoms with Crippen molar-refractivity contribution in [3.8, 4) is 11.4 Å². The molecule has 146 valence electrons. The lowest BCUT2D eigenvalue weighted by Crippen LogP contribution is -2.17. The number of nitrogens with zero attached hydrogens (tertiary/aromatic N) is 3. The quantitative estimate of drug-likeness (QED) is 0.478. The Labute approximate surface area is 173 Å². The maximum absolute atomic E-state index is 12.2. The molecule has 3 aromatic rings. The van der Waals surface area contributed by atoms with Gasteiger partial charge in [-0.3, -0.25) is 4.79 Å². The van der Waals surface area contributed by atoms with Crippen LogP contribution in [0.3, 0.4) is 0 Å². The summed E-state index contributed by atoms with van der Waals surface area (Å²) in [6.07, 6.45) is 0. The average molecular weight is 416 g/mol. The monoisotopic (exact) mass is 415 g/mol. The molecular weight excluding hydrogens is 394 g/mol. The van der Waals surface area contributed by atoms with Crippen molar-refractivity contribution in [2.75, 3.05) is 16.9 Å². The van der Waals surface area contributed by atoms with Crippen molar-refractivity contribution in [3.63, 3.8) is 0 Å². The van der Waals surface area contributed by atoms with Crippen molar-refractivity contribution < 1.29 is 4.79 Å². The van der Waals surface area contributed by atoms with E-state index >= 15 is 0 Å². The summed E-state index contributed by atoms with van der Waals surface area (Å²) in [7, 11) is 0. The highest BCUT2D eigenvalue weighted by atomic mass is 35.5. The lowest BCUT2D eigenvalue weighted by Gasteiger charge is -2.19. The molecule has 1 aromatic heterocycles. The van der Waals surface area contributed by atoms with Crippen molar-refractivity contribution in [1.82, 2.24) is 14.9 Å². The van der Waals surface area contributed by atoms with E-state index in [1.54, 1.807) is 12.1 Å². The minimum absolute atomic E-state index is 0.0748. The predicted molar refractivity (Wildman–Crippen MR) is 115 cm³/mol. The highest BCUT2D eigenvalue weighted by Crippen LogP contribution is 2.25. The van der Waals surface area contributed by atoms with E-state index < -0.39 is 0 Å². The van der Waals surface area contributed by atoms with Crippen LogP contribution in [0.1, 0.15) is 26.3 Å². The molecule has 6 nitrogen and oxygen atoms in total. The summed E-state index contributed by atoms with van der Waals surface area (Å²) < 4.78 is 1.37. The smallest absolute Gasteiger partial charge is 0.234 e. The van der Waals surface area contributed by atoms with Crippen molar-refractivity contribution in [1.29, 1.82) is 0 Å². The summed E-state index contributed by atoms with van der Waals surface area (Å²) in [4.78, 5) is 12.2. The van der Waals surface area contributed by atoms with Gasteiger partial charge in [-0.25, -0.2) is 4.68 Å². The fraction of sp³-hybridized carbons (Fsp3) is 0.250. The standard InChI is InChI=1S/C20H22ClN5OS/c1-20(2,3)14-6-10-16(11-7-14)23-17(27)12-28-19-25-24-18(26(19)22)13-4-8-15(21)9-5-13/h4-11H,12,22H2,1-3H3,(H,23,27). The number of thioether (sulfide) groups is 1. The molecule has 1 amide bonds. The number of nitrogens with one attached hydrogen (secondary N) is 1. The van der Waals surface area contributed by atoms with E-state index in [4.69, 9.17) is 17.4 Å². The Morgan fingerprint density at radius 3 is 2.36 bits per heavy atom. The summed E-state index contributed by atoms with van der Waals surface area (Å²) in [5.74, 6) is 6.63. The number of hydrogen-bond donors (Lipinski definition) is 2. The SMILES string of the molecule is CC(C)(C)c1ccc(NC(=O)CSc2nnc(-c3ccc(Cl)cc3)n2N)cc1. The number of carbonyl (C=O) groups is 1. The van der Waals surface area contributed by atoms with Crippen LogP contribution < -0.4 is 11.2 Å². The van der Waals surface area contributed by atoms with Gasteiger partial charge in [0.1, 0.15) is 0 Å². The number of anilines is 1. The van der Waals surface area contributed by atoms with E-state index in [1.807, 2.05) is 36.4 Å². The maximum Gasteiger partial charge on any atom is 0.234 e. The Morgan fingerprint density at radius 1 is 1.11 bits per heavy atom. The second-order valence-corrected chi connectivity index (χ2v) is 8.73. The number of nitrogens with two attached hydrogens (primary N) is 1. The molecule has 0 spiro atoms. The Kier molecular flexibility index (Phi) is 5.96. The first-order valence-electron chi connectivity index (χ1n) is 8.73. The van der Waals surface area contributed by atoms with Crippen LogP contribution in [0, 0.1) is 0 Å². The van der Waals surface area contributed by atoms with Gasteiger partial charge < -0.3 is 11.2 Å². The van der Waals surface area contributed by atoms with Crippen LogP contribution in [-0.4, -0.2) is 26.5 Å². The van der Waals surface area contributed by atoms with Gasteiger partial charge >= 0.3 is 0 Å². The summed E-state index contributed by atoms with van der Waals surface area (Å²) in [6, 6.07) is 15.0. The zero-order valence-electron chi connectivity index (χ0n) is 15.9. The second kappa shape index (κ2) is 8.24. The summed E-state index contributed by atoms with van der Waals surface area (Å²) >= 11 is 7.13. The third kappa shape index (κ3) is 4.85. The lowest BCUT2D eigenvalue weighted by atomic mass is 9.87. The van der Waals surface area contributed by atoms with Crippen LogP contribution in [0.25, 0.3) is 11.4 Å². The fourth-order valence-electron chi connectivity index (χ4n) is 2.55. The lowest BCUT2D eigenvalue weighted by molar-refractivity contribution is -0.113. The molecule has 2 aromatic carbocycles. The number of nitrogen functional groups attached to an aromatic ring is 1. The van der Waals surface area contributed by atoms with Gasteiger partial charge in [-0.1, -0.05) is 56.3 Å². The van der Waals surface area contributed by atoms with Crippen molar-refractivity contribution >= 4 is 35.0 Å². The first-order valence-corrected chi connectivity index (χ1v) is 10.1. The molecule has 0 aliphatic carbocycles. The topological polar surface area (TPSA) is 85.8 Å². The first kappa shape index (κ1) is 20.2. The van der Waals surface area contributed by atoms with Crippen LogP contribution in [0.4, 0.5) is 5.69 Å². The molecule has 0 atom stereocenters. The van der Waals surface area contributed by atoms with Gasteiger partial charge in [0.25, 0.3) is 0 Å². The molecule has 0 aliphatic heterocycles. The van der Waals surface area contributed by atoms with Gasteiger partial charge in [0.05, 0.1) is 5.75 Å². The minimum atomic E-state index is -0.135. The molecular formula is C20H22ClN5OS. The molecule has 0 unspecified atom stereocenters. The third-order valence-electron chi connectivity index (χ3n) is 4.13. The molecule has 1 heterocycles. The molecule has 0 bridgehead atoms. The largest absolute Gasteiger partial charge is 0.335 e. The van der Waals surface area contributed by atoms with E-state index in [2.05, 4.69) is 36.3 Å². The summed E-state index contributed by atoms with van der Waals surface area (Å²) in [5.41, 5.74) is 2.85. The van der Waals surface area contributed by atoms with Crippen LogP contribution in [0.5, 0.6) is 0 Å². The molecule has 0 saturated heterocycles. The van der Waals surface area contributed by atoms with Gasteiger partial charge in [-0.2, -0.15) is 0 Å². The van der Waals surface area contributed by atoms with Crippen LogP contribution in [0.2, 0.25) is 5.02 Å². The number of hydrogen-bond acceptors (Lipinski definition) is 5. The maximum atomic E-state index is 12.2. The molecule has 0 aliphatic rings. The van der Waals surface area contributed by atoms with Gasteiger partial charge in [0.15, 0.2) is 5.82 Å². The zero-order valence-corrected chi connectivity index (χ0v) is 17.5. The molecule has 3 N–H and O–H groups in total. The Morgan fingerprint density at radius 2 is 1.75 bits per heavy atom. The minimum Gasteiger partial charge on any atom is -0.335 e. The normalized spacial score (nSPS) is 11.4. The molecule has 0 fully saturated rings. The Balaban J connectivity index is 1.60. The molecule has 3 rings (SSSR count). The second-order valence-electron chi connectivity index (χ2n) is 7.35. The molecule has 0 radical (unpaired) electrons. The summed E-state index contributed by atoms with van der Waals surface area (Å²) in [5, 5.41) is 12.1. The van der Waals surface area contributed by atoms with E-state index in [0.717, 1.165) is 11.3 Å². The van der Waals surface area contributed by atoms with Crippen LogP contribution in [0.15, 0.2) is 53.7 Å². The van der Waals surface area contributed by atoms with Crippen molar-refractivity contribution in [2.45, 2.75) is 31.3 Å². The molecule has 28 heavy (non-hydrogen) atoms. The van der Waals surface area contributed by atoms with E-state index in [-0.39, 0.29) is 17.1 Å². The molecule has 8 heteroatoms. The van der Waals surface area contributed by atoms with Crippen molar-refractivity contribution in [3.05, 3.63) is 59.1 Å². The van der Waals surface area contributed by atoms with E-state index in [0.29, 0.717) is 16.0 Å². The van der Waals surface area contributed by atoms with Crippen molar-refractivity contribution in [2.24, 2.45) is 0 Å². The van der Waals surface area contributed by atoms with Gasteiger partial charge in [0.2, 0.25) is 11.1 Å². The highest BCUT2D eigenvalue weighted by Gasteiger charge is 2.15. The number of rotatable bonds is 5. The predicted octanol–water partition coefficient (Wildman–Crippen LogP) is 4.34. The van der Waals surface area contributed by atoms with Crippen LogP contribution >= 0.6 is 23.4 Å². The van der Waals surface area contributed by atoms with E-state index in [1.165, 1.54) is 22.0 Å². The fourth-order valence-corrected chi connectivity index (χ4v) is 3.33. The average Bonchev–Trinajstić information content (AvgIpc) is 3.01.